The maximum absolute atomic E-state index is 14.2. The summed E-state index contributed by atoms with van der Waals surface area (Å²) in [6.07, 6.45) is 0. The van der Waals surface area contributed by atoms with Crippen LogP contribution in [0.4, 0.5) is 8.78 Å². The Labute approximate surface area is 112 Å². The third kappa shape index (κ3) is 2.33. The van der Waals surface area contributed by atoms with Gasteiger partial charge in [0.15, 0.2) is 5.82 Å². The van der Waals surface area contributed by atoms with Crippen LogP contribution in [0.15, 0.2) is 8.95 Å². The molecule has 0 atom stereocenters. The summed E-state index contributed by atoms with van der Waals surface area (Å²) in [4.78, 5) is 0. The highest BCUT2D eigenvalue weighted by atomic mass is 79.9. The van der Waals surface area contributed by atoms with Crippen LogP contribution in [0, 0.1) is 11.6 Å². The summed E-state index contributed by atoms with van der Waals surface area (Å²) >= 11 is 6.24. The molecule has 0 bridgehead atoms. The Kier molecular flexibility index (Phi) is 4.52. The van der Waals surface area contributed by atoms with Crippen LogP contribution < -0.4 is 0 Å². The van der Waals surface area contributed by atoms with Crippen molar-refractivity contribution in [3.63, 3.8) is 0 Å². The molecule has 0 spiro atoms. The van der Waals surface area contributed by atoms with Gasteiger partial charge in [-0.2, -0.15) is 0 Å². The predicted molar refractivity (Wildman–Crippen MR) is 69.9 cm³/mol. The van der Waals surface area contributed by atoms with E-state index < -0.39 is 5.82 Å². The summed E-state index contributed by atoms with van der Waals surface area (Å²) in [6.45, 7) is 7.39. The first kappa shape index (κ1) is 14.1. The molecule has 0 fully saturated rings. The summed E-state index contributed by atoms with van der Waals surface area (Å²) in [5.41, 5.74) is 0.814. The number of rotatable bonds is 2. The van der Waals surface area contributed by atoms with Crippen LogP contribution in [0.25, 0.3) is 0 Å². The van der Waals surface area contributed by atoms with Crippen LogP contribution in [0.1, 0.15) is 50.7 Å². The van der Waals surface area contributed by atoms with E-state index in [2.05, 4.69) is 31.9 Å². The molecule has 0 N–H and O–H groups in total. The van der Waals surface area contributed by atoms with E-state index in [9.17, 15) is 8.78 Å². The minimum atomic E-state index is -0.422. The molecule has 0 saturated carbocycles. The van der Waals surface area contributed by atoms with Gasteiger partial charge in [0, 0.05) is 11.1 Å². The summed E-state index contributed by atoms with van der Waals surface area (Å²) in [7, 11) is 0. The Morgan fingerprint density at radius 2 is 1.06 bits per heavy atom. The number of benzene rings is 1. The van der Waals surface area contributed by atoms with E-state index in [1.165, 1.54) is 0 Å². The molecule has 0 aliphatic heterocycles. The van der Waals surface area contributed by atoms with Crippen LogP contribution in [0.5, 0.6) is 0 Å². The van der Waals surface area contributed by atoms with Crippen LogP contribution in [0.2, 0.25) is 0 Å². The average Bonchev–Trinajstić information content (AvgIpc) is 2.13. The smallest absolute Gasteiger partial charge is 0.152 e. The van der Waals surface area contributed by atoms with Gasteiger partial charge in [-0.3, -0.25) is 0 Å². The van der Waals surface area contributed by atoms with Gasteiger partial charge in [0.1, 0.15) is 5.82 Å². The molecule has 0 aromatic heterocycles. The number of hydrogen-bond donors (Lipinski definition) is 0. The van der Waals surface area contributed by atoms with Gasteiger partial charge in [-0.25, -0.2) is 8.78 Å². The lowest BCUT2D eigenvalue weighted by molar-refractivity contribution is 0.541. The van der Waals surface area contributed by atoms with Crippen molar-refractivity contribution in [3.8, 4) is 0 Å². The molecule has 0 aliphatic rings. The summed E-state index contributed by atoms with van der Waals surface area (Å²) in [5, 5.41) is 0. The van der Waals surface area contributed by atoms with E-state index in [0.29, 0.717) is 11.1 Å². The molecule has 1 aromatic carbocycles. The van der Waals surface area contributed by atoms with Gasteiger partial charge in [-0.05, 0) is 43.7 Å². The van der Waals surface area contributed by atoms with Crippen LogP contribution in [-0.2, 0) is 0 Å². The molecule has 4 heteroatoms. The lowest BCUT2D eigenvalue weighted by Gasteiger charge is -2.18. The zero-order valence-corrected chi connectivity index (χ0v) is 12.8. The van der Waals surface area contributed by atoms with Crippen molar-refractivity contribution >= 4 is 31.9 Å². The molecular weight excluding hydrogens is 342 g/mol. The SMILES string of the molecule is CC(C)c1c(F)c(C(C)C)c(Br)c(F)c1Br. The van der Waals surface area contributed by atoms with Crippen LogP contribution in [-0.4, -0.2) is 0 Å². The standard InChI is InChI=1S/C12H14Br2F2/c1-5(2)7-9(13)12(16)10(14)8(6(3)4)11(7)15/h5-6H,1-4H3. The van der Waals surface area contributed by atoms with Gasteiger partial charge in [0.05, 0.1) is 8.95 Å². The van der Waals surface area contributed by atoms with E-state index in [1.807, 2.05) is 27.7 Å². The second-order valence-electron chi connectivity index (χ2n) is 4.39. The highest BCUT2D eigenvalue weighted by molar-refractivity contribution is 9.11. The van der Waals surface area contributed by atoms with E-state index in [4.69, 9.17) is 0 Å². The van der Waals surface area contributed by atoms with Gasteiger partial charge in [0.2, 0.25) is 0 Å². The normalized spacial score (nSPS) is 11.6. The minimum absolute atomic E-state index is 0.0607. The van der Waals surface area contributed by atoms with Crippen molar-refractivity contribution in [2.45, 2.75) is 39.5 Å². The zero-order chi connectivity index (χ0) is 12.6. The molecular formula is C12H14Br2F2. The maximum Gasteiger partial charge on any atom is 0.152 e. The second-order valence-corrected chi connectivity index (χ2v) is 5.98. The van der Waals surface area contributed by atoms with E-state index in [-0.39, 0.29) is 26.6 Å². The second kappa shape index (κ2) is 5.13. The minimum Gasteiger partial charge on any atom is -0.206 e. The topological polar surface area (TPSA) is 0 Å². The third-order valence-corrected chi connectivity index (χ3v) is 4.04. The molecule has 90 valence electrons. The number of hydrogen-bond acceptors (Lipinski definition) is 0. The van der Waals surface area contributed by atoms with Gasteiger partial charge < -0.3 is 0 Å². The summed E-state index contributed by atoms with van der Waals surface area (Å²) in [5.74, 6) is -0.858. The molecule has 0 unspecified atom stereocenters. The molecule has 16 heavy (non-hydrogen) atoms. The molecule has 0 nitrogen and oxygen atoms in total. The molecule has 0 amide bonds. The maximum atomic E-state index is 14.2. The monoisotopic (exact) mass is 354 g/mol. The van der Waals surface area contributed by atoms with Gasteiger partial charge in [-0.15, -0.1) is 0 Å². The quantitative estimate of drug-likeness (QED) is 0.469. The third-order valence-electron chi connectivity index (χ3n) is 2.49. The van der Waals surface area contributed by atoms with E-state index in [0.717, 1.165) is 0 Å². The van der Waals surface area contributed by atoms with Gasteiger partial charge in [-0.1, -0.05) is 27.7 Å². The summed E-state index contributed by atoms with van der Waals surface area (Å²) < 4.78 is 28.6. The van der Waals surface area contributed by atoms with E-state index in [1.54, 1.807) is 0 Å². The van der Waals surface area contributed by atoms with E-state index >= 15 is 0 Å². The predicted octanol–water partition coefficient (Wildman–Crippen LogP) is 5.74. The summed E-state index contributed by atoms with van der Waals surface area (Å²) in [6, 6.07) is 0. The number of halogens is 4. The highest BCUT2D eigenvalue weighted by Crippen LogP contribution is 2.39. The molecule has 0 saturated heterocycles. The molecule has 1 rings (SSSR count). The zero-order valence-electron chi connectivity index (χ0n) is 9.67. The van der Waals surface area contributed by atoms with Crippen LogP contribution >= 0.6 is 31.9 Å². The molecule has 0 radical (unpaired) electrons. The fraction of sp³-hybridized carbons (Fsp3) is 0.500. The molecule has 0 heterocycles. The van der Waals surface area contributed by atoms with Crippen LogP contribution in [0.3, 0.4) is 0 Å². The fourth-order valence-corrected chi connectivity index (χ4v) is 3.61. The lowest BCUT2D eigenvalue weighted by Crippen LogP contribution is -2.06. The van der Waals surface area contributed by atoms with Crippen molar-refractivity contribution < 1.29 is 8.78 Å². The van der Waals surface area contributed by atoms with Crippen molar-refractivity contribution in [1.82, 2.24) is 0 Å². The Balaban J connectivity index is 3.66. The highest BCUT2D eigenvalue weighted by Gasteiger charge is 2.24. The first-order valence-corrected chi connectivity index (χ1v) is 6.73. The van der Waals surface area contributed by atoms with Crippen molar-refractivity contribution in [2.75, 3.05) is 0 Å². The van der Waals surface area contributed by atoms with Crippen molar-refractivity contribution in [3.05, 3.63) is 31.7 Å². The molecule has 1 aromatic rings. The van der Waals surface area contributed by atoms with Crippen molar-refractivity contribution in [2.24, 2.45) is 0 Å². The fourth-order valence-electron chi connectivity index (χ4n) is 1.68. The van der Waals surface area contributed by atoms with Crippen molar-refractivity contribution in [1.29, 1.82) is 0 Å². The van der Waals surface area contributed by atoms with Gasteiger partial charge in [0.25, 0.3) is 0 Å². The Bertz CT molecular complexity index is 377. The Morgan fingerprint density at radius 3 is 1.31 bits per heavy atom. The lowest BCUT2D eigenvalue weighted by atomic mass is 9.94. The largest absolute Gasteiger partial charge is 0.206 e. The average molecular weight is 356 g/mol. The Morgan fingerprint density at radius 1 is 0.750 bits per heavy atom. The molecule has 0 aliphatic carbocycles. The first-order valence-electron chi connectivity index (χ1n) is 5.14. The Hall–Kier alpha value is 0.0400. The van der Waals surface area contributed by atoms with Gasteiger partial charge >= 0.3 is 0 Å². The first-order chi connectivity index (χ1) is 7.29.